The molecule has 0 saturated carbocycles. The van der Waals surface area contributed by atoms with Crippen molar-refractivity contribution in [2.45, 2.75) is 18.4 Å². The number of nitrogens with one attached hydrogen (secondary N) is 2. The lowest BCUT2D eigenvalue weighted by Gasteiger charge is -2.15. The van der Waals surface area contributed by atoms with Crippen LogP contribution in [0, 0.1) is 0 Å². The second kappa shape index (κ2) is 7.50. The second-order valence-electron chi connectivity index (χ2n) is 7.46. The number of aromatic amines is 1. The van der Waals surface area contributed by atoms with Crippen LogP contribution in [-0.2, 0) is 0 Å². The molecular formula is C23H20F2N4O. The minimum Gasteiger partial charge on any atom is -0.490 e. The molecule has 1 aliphatic heterocycles. The standard InChI is InChI=1S/C23H20F2N4O/c24-23(25)11-16(28-14-23)13-30-19-12-26-10-8-17(19)21-20(15-5-2-1-3-6-15)22-18(29-21)7-4-9-27-22/h1-10,12,16,28-29H,11,13-14H2/t16-/m0/s1. The van der Waals surface area contributed by atoms with Crippen LogP contribution in [0.1, 0.15) is 6.42 Å². The van der Waals surface area contributed by atoms with Gasteiger partial charge in [-0.3, -0.25) is 9.97 Å². The summed E-state index contributed by atoms with van der Waals surface area (Å²) in [6, 6.07) is 15.3. The first-order chi connectivity index (χ1) is 14.6. The quantitative estimate of drug-likeness (QED) is 0.506. The number of alkyl halides is 2. The predicted molar refractivity (Wildman–Crippen MR) is 112 cm³/mol. The van der Waals surface area contributed by atoms with Crippen LogP contribution < -0.4 is 10.1 Å². The molecule has 1 aromatic carbocycles. The van der Waals surface area contributed by atoms with E-state index in [4.69, 9.17) is 4.74 Å². The minimum atomic E-state index is -2.69. The molecule has 0 amide bonds. The van der Waals surface area contributed by atoms with Gasteiger partial charge in [0.25, 0.3) is 5.92 Å². The van der Waals surface area contributed by atoms with Crippen LogP contribution in [0.3, 0.4) is 0 Å². The van der Waals surface area contributed by atoms with E-state index in [1.807, 2.05) is 48.5 Å². The molecule has 30 heavy (non-hydrogen) atoms. The van der Waals surface area contributed by atoms with Gasteiger partial charge in [0.15, 0.2) is 0 Å². The highest BCUT2D eigenvalue weighted by Crippen LogP contribution is 2.40. The SMILES string of the molecule is FC1(F)CN[C@H](COc2cnccc2-c2[nH]c3cccnc3c2-c2ccccc2)C1. The van der Waals surface area contributed by atoms with Crippen molar-refractivity contribution < 1.29 is 13.5 Å². The molecule has 1 aliphatic rings. The molecule has 0 spiro atoms. The number of benzene rings is 1. The van der Waals surface area contributed by atoms with Crippen molar-refractivity contribution in [2.24, 2.45) is 0 Å². The summed E-state index contributed by atoms with van der Waals surface area (Å²) in [4.78, 5) is 12.2. The van der Waals surface area contributed by atoms with Crippen molar-refractivity contribution in [3.63, 3.8) is 0 Å². The molecule has 0 unspecified atom stereocenters. The van der Waals surface area contributed by atoms with Crippen LogP contribution in [0.15, 0.2) is 67.1 Å². The highest BCUT2D eigenvalue weighted by Gasteiger charge is 2.39. The molecule has 5 nitrogen and oxygen atoms in total. The monoisotopic (exact) mass is 406 g/mol. The summed E-state index contributed by atoms with van der Waals surface area (Å²) in [6.45, 7) is -0.166. The summed E-state index contributed by atoms with van der Waals surface area (Å²) in [6.07, 6.45) is 4.85. The molecule has 4 aromatic rings. The van der Waals surface area contributed by atoms with Gasteiger partial charge < -0.3 is 15.0 Å². The van der Waals surface area contributed by atoms with Gasteiger partial charge >= 0.3 is 0 Å². The van der Waals surface area contributed by atoms with Gasteiger partial charge in [-0.05, 0) is 23.8 Å². The number of rotatable bonds is 5. The smallest absolute Gasteiger partial charge is 0.261 e. The first-order valence-corrected chi connectivity index (χ1v) is 9.81. The average molecular weight is 406 g/mol. The molecule has 1 atom stereocenters. The first-order valence-electron chi connectivity index (χ1n) is 9.81. The van der Waals surface area contributed by atoms with Crippen LogP contribution in [-0.4, -0.2) is 40.1 Å². The predicted octanol–water partition coefficient (Wildman–Crippen LogP) is 4.67. The van der Waals surface area contributed by atoms with Gasteiger partial charge in [-0.2, -0.15) is 0 Å². The summed E-state index contributed by atoms with van der Waals surface area (Å²) in [5.41, 5.74) is 5.43. The van der Waals surface area contributed by atoms with Gasteiger partial charge in [0.1, 0.15) is 12.4 Å². The Kier molecular flexibility index (Phi) is 4.67. The highest BCUT2D eigenvalue weighted by atomic mass is 19.3. The Morgan fingerprint density at radius 1 is 1.07 bits per heavy atom. The number of hydrogen-bond acceptors (Lipinski definition) is 4. The van der Waals surface area contributed by atoms with E-state index >= 15 is 0 Å². The summed E-state index contributed by atoms with van der Waals surface area (Å²) >= 11 is 0. The van der Waals surface area contributed by atoms with Gasteiger partial charge in [-0.1, -0.05) is 30.3 Å². The van der Waals surface area contributed by atoms with Crippen LogP contribution in [0.4, 0.5) is 8.78 Å². The third kappa shape index (κ3) is 3.52. The molecule has 2 N–H and O–H groups in total. The second-order valence-corrected chi connectivity index (χ2v) is 7.46. The van der Waals surface area contributed by atoms with E-state index < -0.39 is 12.0 Å². The maximum atomic E-state index is 13.5. The van der Waals surface area contributed by atoms with E-state index in [-0.39, 0.29) is 19.6 Å². The molecule has 0 bridgehead atoms. The van der Waals surface area contributed by atoms with Crippen molar-refractivity contribution >= 4 is 11.0 Å². The summed E-state index contributed by atoms with van der Waals surface area (Å²) in [5, 5.41) is 2.82. The van der Waals surface area contributed by atoms with Crippen molar-refractivity contribution in [3.05, 3.63) is 67.1 Å². The van der Waals surface area contributed by atoms with E-state index in [0.717, 1.165) is 33.4 Å². The number of aromatic nitrogens is 3. The molecule has 0 aliphatic carbocycles. The lowest BCUT2D eigenvalue weighted by molar-refractivity contribution is 0.0196. The molecule has 1 saturated heterocycles. The highest BCUT2D eigenvalue weighted by molar-refractivity contribution is 6.02. The summed E-state index contributed by atoms with van der Waals surface area (Å²) in [7, 11) is 0. The lowest BCUT2D eigenvalue weighted by atomic mass is 10.0. The van der Waals surface area contributed by atoms with E-state index in [9.17, 15) is 8.78 Å². The molecular weight excluding hydrogens is 386 g/mol. The Labute approximate surface area is 172 Å². The topological polar surface area (TPSA) is 62.8 Å². The van der Waals surface area contributed by atoms with Crippen LogP contribution in [0.5, 0.6) is 5.75 Å². The number of pyridine rings is 2. The molecule has 1 fully saturated rings. The van der Waals surface area contributed by atoms with Crippen LogP contribution in [0.25, 0.3) is 33.4 Å². The van der Waals surface area contributed by atoms with Gasteiger partial charge in [-0.25, -0.2) is 8.78 Å². The van der Waals surface area contributed by atoms with Gasteiger partial charge in [0, 0.05) is 36.0 Å². The normalized spacial score (nSPS) is 18.0. The fraction of sp³-hybridized carbons (Fsp3) is 0.217. The van der Waals surface area contributed by atoms with Gasteiger partial charge in [-0.15, -0.1) is 0 Å². The first kappa shape index (κ1) is 18.7. The summed E-state index contributed by atoms with van der Waals surface area (Å²) in [5.74, 6) is -2.15. The number of nitrogens with zero attached hydrogens (tertiary/aromatic N) is 2. The Morgan fingerprint density at radius 3 is 2.73 bits per heavy atom. The number of halogens is 2. The molecule has 152 valence electrons. The Morgan fingerprint density at radius 2 is 1.93 bits per heavy atom. The van der Waals surface area contributed by atoms with E-state index in [2.05, 4.69) is 20.3 Å². The van der Waals surface area contributed by atoms with Crippen LogP contribution in [0.2, 0.25) is 0 Å². The molecule has 7 heteroatoms. The number of hydrogen-bond donors (Lipinski definition) is 2. The van der Waals surface area contributed by atoms with Crippen molar-refractivity contribution in [2.75, 3.05) is 13.2 Å². The molecule has 5 rings (SSSR count). The van der Waals surface area contributed by atoms with E-state index in [1.165, 1.54) is 0 Å². The zero-order chi connectivity index (χ0) is 20.6. The molecule has 3 aromatic heterocycles. The number of H-pyrrole nitrogens is 1. The van der Waals surface area contributed by atoms with E-state index in [1.54, 1.807) is 18.6 Å². The number of fused-ring (bicyclic) bond motifs is 1. The maximum Gasteiger partial charge on any atom is 0.261 e. The average Bonchev–Trinajstić information content (AvgIpc) is 3.32. The Balaban J connectivity index is 1.55. The van der Waals surface area contributed by atoms with Crippen molar-refractivity contribution in [1.29, 1.82) is 0 Å². The molecule has 4 heterocycles. The zero-order valence-electron chi connectivity index (χ0n) is 16.1. The number of ether oxygens (including phenoxy) is 1. The largest absolute Gasteiger partial charge is 0.490 e. The lowest BCUT2D eigenvalue weighted by Crippen LogP contribution is -2.28. The van der Waals surface area contributed by atoms with Crippen LogP contribution >= 0.6 is 0 Å². The van der Waals surface area contributed by atoms with E-state index in [0.29, 0.717) is 5.75 Å². The molecule has 0 radical (unpaired) electrons. The Bertz CT molecular complexity index is 1180. The van der Waals surface area contributed by atoms with Gasteiger partial charge in [0.2, 0.25) is 0 Å². The third-order valence-corrected chi connectivity index (χ3v) is 5.30. The van der Waals surface area contributed by atoms with Crippen molar-refractivity contribution in [3.8, 4) is 28.1 Å². The minimum absolute atomic E-state index is 0.146. The summed E-state index contributed by atoms with van der Waals surface area (Å²) < 4.78 is 32.9. The third-order valence-electron chi connectivity index (χ3n) is 5.30. The maximum absolute atomic E-state index is 13.5. The fourth-order valence-corrected chi connectivity index (χ4v) is 3.92. The van der Waals surface area contributed by atoms with Gasteiger partial charge in [0.05, 0.1) is 29.5 Å². The zero-order valence-corrected chi connectivity index (χ0v) is 16.1. The van der Waals surface area contributed by atoms with Crippen molar-refractivity contribution in [1.82, 2.24) is 20.3 Å². The fourth-order valence-electron chi connectivity index (χ4n) is 3.92. The Hall–Kier alpha value is -3.32.